The second kappa shape index (κ2) is 4.24. The normalized spacial score (nSPS) is 22.5. The molecule has 78 valence electrons. The number of hydrogen-bond acceptors (Lipinski definition) is 2. The lowest BCUT2D eigenvalue weighted by atomic mass is 9.84. The topological polar surface area (TPSA) is 29.5 Å². The molecule has 0 saturated carbocycles. The molecule has 1 rings (SSSR count). The highest BCUT2D eigenvalue weighted by Gasteiger charge is 2.29. The number of nitrogens with zero attached hydrogens (tertiary/aromatic N) is 1. The van der Waals surface area contributed by atoms with Gasteiger partial charge in [-0.05, 0) is 24.2 Å². The number of carbonyl (C=O) groups is 1. The van der Waals surface area contributed by atoms with Crippen LogP contribution in [-0.2, 0) is 4.65 Å². The molecule has 1 unspecified atom stereocenters. The molecule has 14 heavy (non-hydrogen) atoms. The van der Waals surface area contributed by atoms with E-state index in [1.807, 2.05) is 0 Å². The maximum Gasteiger partial charge on any atom is 0.391 e. The molecule has 2 radical (unpaired) electrons. The molecule has 1 heterocycles. The smallest absolute Gasteiger partial charge is 0.391 e. The summed E-state index contributed by atoms with van der Waals surface area (Å²) in [6, 6.07) is 0. The molecule has 0 aromatic carbocycles. The minimum Gasteiger partial charge on any atom is -0.528 e. The van der Waals surface area contributed by atoms with E-state index in [0.717, 1.165) is 25.9 Å². The quantitative estimate of drug-likeness (QED) is 0.598. The zero-order valence-corrected chi connectivity index (χ0v) is 9.25. The molecule has 0 N–H and O–H groups in total. The van der Waals surface area contributed by atoms with Crippen LogP contribution in [0.4, 0.5) is 4.79 Å². The van der Waals surface area contributed by atoms with Crippen LogP contribution in [0.1, 0.15) is 33.6 Å². The summed E-state index contributed by atoms with van der Waals surface area (Å²) in [4.78, 5) is 12.8. The fourth-order valence-corrected chi connectivity index (χ4v) is 2.11. The first-order valence-electron chi connectivity index (χ1n) is 5.08. The number of hydrogen-bond donors (Lipinski definition) is 0. The molecule has 1 saturated heterocycles. The van der Waals surface area contributed by atoms with Gasteiger partial charge in [-0.1, -0.05) is 20.8 Å². The Hall–Kier alpha value is -0.665. The van der Waals surface area contributed by atoms with Crippen LogP contribution >= 0.6 is 0 Å². The van der Waals surface area contributed by atoms with Crippen molar-refractivity contribution in [1.29, 1.82) is 0 Å². The summed E-state index contributed by atoms with van der Waals surface area (Å²) in [6.45, 7) is 8.22. The maximum absolute atomic E-state index is 11.1. The first-order chi connectivity index (χ1) is 6.42. The van der Waals surface area contributed by atoms with Gasteiger partial charge in [0.15, 0.2) is 0 Å². The zero-order valence-electron chi connectivity index (χ0n) is 9.25. The molecule has 1 amide bonds. The average Bonchev–Trinajstić information content (AvgIpc) is 2.48. The molecule has 0 spiro atoms. The van der Waals surface area contributed by atoms with Crippen molar-refractivity contribution in [2.45, 2.75) is 33.6 Å². The van der Waals surface area contributed by atoms with Crippen molar-refractivity contribution in [2.24, 2.45) is 11.3 Å². The summed E-state index contributed by atoms with van der Waals surface area (Å²) < 4.78 is 4.20. The summed E-state index contributed by atoms with van der Waals surface area (Å²) in [7, 11) is 4.83. The second-order valence-electron chi connectivity index (χ2n) is 5.25. The van der Waals surface area contributed by atoms with Crippen LogP contribution in [0.2, 0.25) is 0 Å². The highest BCUT2D eigenvalue weighted by molar-refractivity contribution is 6.05. The number of amides is 1. The first kappa shape index (κ1) is 11.4. The fraction of sp³-hybridized carbons (Fsp3) is 0.900. The van der Waals surface area contributed by atoms with Gasteiger partial charge in [0.2, 0.25) is 0 Å². The van der Waals surface area contributed by atoms with E-state index in [1.165, 1.54) is 0 Å². The van der Waals surface area contributed by atoms with Crippen molar-refractivity contribution in [2.75, 3.05) is 13.1 Å². The molecular formula is C10H18BNO2. The zero-order chi connectivity index (χ0) is 10.8. The van der Waals surface area contributed by atoms with Crippen LogP contribution in [0.3, 0.4) is 0 Å². The third-order valence-electron chi connectivity index (χ3n) is 2.55. The third-order valence-corrected chi connectivity index (χ3v) is 2.55. The predicted octanol–water partition coefficient (Wildman–Crippen LogP) is 1.96. The van der Waals surface area contributed by atoms with E-state index >= 15 is 0 Å². The van der Waals surface area contributed by atoms with Crippen LogP contribution < -0.4 is 0 Å². The van der Waals surface area contributed by atoms with Crippen molar-refractivity contribution < 1.29 is 9.45 Å². The van der Waals surface area contributed by atoms with E-state index in [1.54, 1.807) is 4.90 Å². The average molecular weight is 195 g/mol. The minimum atomic E-state index is -0.401. The summed E-state index contributed by atoms with van der Waals surface area (Å²) in [5.74, 6) is 0.592. The predicted molar refractivity (Wildman–Crippen MR) is 56.0 cm³/mol. The first-order valence-corrected chi connectivity index (χ1v) is 5.08. The molecular weight excluding hydrogens is 177 g/mol. The monoisotopic (exact) mass is 195 g/mol. The molecule has 1 aliphatic rings. The molecule has 4 heteroatoms. The molecule has 1 fully saturated rings. The maximum atomic E-state index is 11.1. The second-order valence-corrected chi connectivity index (χ2v) is 5.25. The number of likely N-dealkylation sites (tertiary alicyclic amines) is 1. The van der Waals surface area contributed by atoms with E-state index in [0.29, 0.717) is 11.3 Å². The van der Waals surface area contributed by atoms with E-state index < -0.39 is 6.09 Å². The van der Waals surface area contributed by atoms with Gasteiger partial charge in [-0.25, -0.2) is 4.79 Å². The van der Waals surface area contributed by atoms with E-state index in [4.69, 9.17) is 8.05 Å². The Balaban J connectivity index is 2.38. The summed E-state index contributed by atoms with van der Waals surface area (Å²) in [6.07, 6.45) is 1.80. The van der Waals surface area contributed by atoms with Gasteiger partial charge >= 0.3 is 14.1 Å². The Morgan fingerprint density at radius 2 is 2.21 bits per heavy atom. The van der Waals surface area contributed by atoms with E-state index in [2.05, 4.69) is 25.4 Å². The Labute approximate surface area is 87.2 Å². The van der Waals surface area contributed by atoms with Gasteiger partial charge in [-0.3, -0.25) is 0 Å². The SMILES string of the molecule is [B]OC(=O)N1CCC(CC(C)(C)C)C1. The van der Waals surface area contributed by atoms with Crippen molar-refractivity contribution in [3.8, 4) is 0 Å². The Morgan fingerprint density at radius 3 is 2.71 bits per heavy atom. The number of carbonyl (C=O) groups excluding carboxylic acids is 1. The molecule has 3 nitrogen and oxygen atoms in total. The van der Waals surface area contributed by atoms with Crippen LogP contribution in [0.15, 0.2) is 0 Å². The Morgan fingerprint density at radius 1 is 1.57 bits per heavy atom. The largest absolute Gasteiger partial charge is 0.528 e. The van der Waals surface area contributed by atoms with Gasteiger partial charge in [0.05, 0.1) is 0 Å². The highest BCUT2D eigenvalue weighted by Crippen LogP contribution is 2.30. The van der Waals surface area contributed by atoms with Crippen LogP contribution in [0.5, 0.6) is 0 Å². The highest BCUT2D eigenvalue weighted by atomic mass is 16.5. The minimum absolute atomic E-state index is 0.327. The Bertz CT molecular complexity index is 213. The van der Waals surface area contributed by atoms with Crippen LogP contribution in [0.25, 0.3) is 0 Å². The number of rotatable bonds is 1. The molecule has 1 atom stereocenters. The third kappa shape index (κ3) is 3.24. The van der Waals surface area contributed by atoms with Gasteiger partial charge < -0.3 is 9.55 Å². The van der Waals surface area contributed by atoms with Crippen LogP contribution in [-0.4, -0.2) is 32.1 Å². The lowest BCUT2D eigenvalue weighted by Crippen LogP contribution is -2.29. The van der Waals surface area contributed by atoms with Gasteiger partial charge in [-0.15, -0.1) is 0 Å². The Kier molecular flexibility index (Phi) is 3.45. The van der Waals surface area contributed by atoms with Crippen molar-refractivity contribution in [3.05, 3.63) is 0 Å². The summed E-state index contributed by atoms with van der Waals surface area (Å²) in [5.41, 5.74) is 0.327. The lowest BCUT2D eigenvalue weighted by molar-refractivity contribution is 0.163. The van der Waals surface area contributed by atoms with Crippen LogP contribution in [0, 0.1) is 11.3 Å². The van der Waals surface area contributed by atoms with Gasteiger partial charge in [0.1, 0.15) is 0 Å². The molecule has 0 aromatic rings. The van der Waals surface area contributed by atoms with Gasteiger partial charge in [-0.2, -0.15) is 0 Å². The van der Waals surface area contributed by atoms with E-state index in [-0.39, 0.29) is 0 Å². The fourth-order valence-electron chi connectivity index (χ4n) is 2.11. The van der Waals surface area contributed by atoms with E-state index in [9.17, 15) is 4.79 Å². The van der Waals surface area contributed by atoms with Crippen molar-refractivity contribution in [1.82, 2.24) is 4.90 Å². The molecule has 1 aliphatic heterocycles. The van der Waals surface area contributed by atoms with Crippen molar-refractivity contribution in [3.63, 3.8) is 0 Å². The van der Waals surface area contributed by atoms with Gasteiger partial charge in [0, 0.05) is 13.1 Å². The lowest BCUT2D eigenvalue weighted by Gasteiger charge is -2.22. The van der Waals surface area contributed by atoms with Crippen molar-refractivity contribution >= 4 is 14.1 Å². The summed E-state index contributed by atoms with van der Waals surface area (Å²) >= 11 is 0. The molecule has 0 aromatic heterocycles. The van der Waals surface area contributed by atoms with Gasteiger partial charge in [0.25, 0.3) is 0 Å². The molecule has 0 aliphatic carbocycles. The summed E-state index contributed by atoms with van der Waals surface area (Å²) in [5, 5.41) is 0. The molecule has 0 bridgehead atoms. The standard InChI is InChI=1S/C10H18BNO2/c1-10(2,3)6-8-4-5-12(7-8)9(13)14-11/h8H,4-7H2,1-3H3.